The van der Waals surface area contributed by atoms with Crippen LogP contribution in [0.15, 0.2) is 54.9 Å². The average molecular weight is 405 g/mol. The van der Waals surface area contributed by atoms with Gasteiger partial charge >= 0.3 is 0 Å². The number of halogens is 1. The highest BCUT2D eigenvalue weighted by Gasteiger charge is 2.18. The minimum atomic E-state index is -0.299. The molecule has 0 fully saturated rings. The van der Waals surface area contributed by atoms with Gasteiger partial charge in [-0.05, 0) is 54.4 Å². The summed E-state index contributed by atoms with van der Waals surface area (Å²) in [6.45, 7) is 2.92. The van der Waals surface area contributed by atoms with Crippen LogP contribution in [0.5, 0.6) is 0 Å². The van der Waals surface area contributed by atoms with Gasteiger partial charge in [0.1, 0.15) is 11.5 Å². The van der Waals surface area contributed by atoms with Crippen LogP contribution in [-0.4, -0.2) is 31.0 Å². The number of hydrogen-bond acceptors (Lipinski definition) is 5. The Kier molecular flexibility index (Phi) is 5.99. The van der Waals surface area contributed by atoms with Crippen LogP contribution in [0, 0.1) is 5.82 Å². The van der Waals surface area contributed by atoms with Crippen LogP contribution in [0.3, 0.4) is 0 Å². The number of fused-ring (bicyclic) bond motifs is 1. The number of nitrogens with one attached hydrogen (secondary N) is 1. The maximum Gasteiger partial charge on any atom is 0.223 e. The number of aliphatic hydroxyl groups excluding tert-OH is 1. The van der Waals surface area contributed by atoms with Crippen molar-refractivity contribution in [3.63, 3.8) is 0 Å². The fourth-order valence-corrected chi connectivity index (χ4v) is 3.39. The third-order valence-electron chi connectivity index (χ3n) is 4.95. The Morgan fingerprint density at radius 3 is 2.67 bits per heavy atom. The molecular formula is C23H24FN5O. The predicted molar refractivity (Wildman–Crippen MR) is 116 cm³/mol. The van der Waals surface area contributed by atoms with Crippen molar-refractivity contribution in [1.29, 1.82) is 0 Å². The van der Waals surface area contributed by atoms with Crippen LogP contribution in [0.4, 0.5) is 10.3 Å². The second kappa shape index (κ2) is 9.00. The Morgan fingerprint density at radius 2 is 1.90 bits per heavy atom. The molecule has 2 N–H and O–H groups in total. The molecule has 4 aromatic rings. The van der Waals surface area contributed by atoms with E-state index in [1.165, 1.54) is 12.1 Å². The monoisotopic (exact) mass is 405 g/mol. The Hall–Kier alpha value is -3.32. The second-order valence-electron chi connectivity index (χ2n) is 7.14. The van der Waals surface area contributed by atoms with Crippen molar-refractivity contribution in [2.75, 3.05) is 11.9 Å². The minimum absolute atomic E-state index is 0.0656. The lowest BCUT2D eigenvalue weighted by molar-refractivity contribution is 0.282. The maximum absolute atomic E-state index is 13.5. The Morgan fingerprint density at radius 1 is 1.07 bits per heavy atom. The van der Waals surface area contributed by atoms with Gasteiger partial charge in [-0.3, -0.25) is 4.40 Å². The molecule has 0 aliphatic heterocycles. The summed E-state index contributed by atoms with van der Waals surface area (Å²) in [5.41, 5.74) is 4.45. The third-order valence-corrected chi connectivity index (χ3v) is 4.95. The van der Waals surface area contributed by atoms with E-state index in [9.17, 15) is 9.50 Å². The van der Waals surface area contributed by atoms with Crippen LogP contribution < -0.4 is 5.32 Å². The molecule has 0 spiro atoms. The molecule has 0 aliphatic rings. The number of unbranched alkanes of at least 4 members (excludes halogenated alkanes) is 2. The summed E-state index contributed by atoms with van der Waals surface area (Å²) in [6, 6.07) is 11.8. The van der Waals surface area contributed by atoms with Crippen molar-refractivity contribution >= 4 is 11.6 Å². The van der Waals surface area contributed by atoms with Gasteiger partial charge in [-0.15, -0.1) is 0 Å². The molecule has 6 nitrogen and oxygen atoms in total. The van der Waals surface area contributed by atoms with Crippen molar-refractivity contribution in [3.05, 3.63) is 66.2 Å². The van der Waals surface area contributed by atoms with E-state index in [1.807, 2.05) is 28.8 Å². The van der Waals surface area contributed by atoms with Gasteiger partial charge in [-0.25, -0.2) is 19.3 Å². The van der Waals surface area contributed by atoms with Gasteiger partial charge in [0, 0.05) is 24.5 Å². The number of imidazole rings is 1. The van der Waals surface area contributed by atoms with E-state index in [-0.39, 0.29) is 12.4 Å². The van der Waals surface area contributed by atoms with E-state index in [2.05, 4.69) is 17.2 Å². The summed E-state index contributed by atoms with van der Waals surface area (Å²) in [4.78, 5) is 13.8. The fraction of sp³-hybridized carbons (Fsp3) is 0.261. The summed E-state index contributed by atoms with van der Waals surface area (Å²) >= 11 is 0. The van der Waals surface area contributed by atoms with E-state index in [4.69, 9.17) is 9.97 Å². The van der Waals surface area contributed by atoms with Crippen LogP contribution in [0.25, 0.3) is 28.3 Å². The Bertz CT molecular complexity index is 1140. The van der Waals surface area contributed by atoms with Gasteiger partial charge in [0.05, 0.1) is 23.7 Å². The molecule has 4 rings (SSSR count). The SMILES string of the molecule is CCCCCNc1nccc(-c2c(-c3ccc(F)cc3)nc3cc(CO)ccn23)n1. The largest absolute Gasteiger partial charge is 0.392 e. The normalized spacial score (nSPS) is 11.2. The number of aliphatic hydroxyl groups is 1. The maximum atomic E-state index is 13.5. The van der Waals surface area contributed by atoms with Crippen molar-refractivity contribution in [2.24, 2.45) is 0 Å². The first-order valence-corrected chi connectivity index (χ1v) is 10.1. The number of pyridine rings is 1. The van der Waals surface area contributed by atoms with E-state index in [0.717, 1.165) is 42.6 Å². The average Bonchev–Trinajstić information content (AvgIpc) is 3.16. The number of rotatable bonds is 8. The molecule has 0 bridgehead atoms. The van der Waals surface area contributed by atoms with Gasteiger partial charge in [0.2, 0.25) is 5.95 Å². The number of benzene rings is 1. The van der Waals surface area contributed by atoms with Crippen LogP contribution in [0.1, 0.15) is 31.7 Å². The zero-order chi connectivity index (χ0) is 20.9. The summed E-state index contributed by atoms with van der Waals surface area (Å²) in [7, 11) is 0. The molecule has 0 saturated carbocycles. The quantitative estimate of drug-likeness (QED) is 0.416. The lowest BCUT2D eigenvalue weighted by Gasteiger charge is -2.08. The van der Waals surface area contributed by atoms with E-state index in [0.29, 0.717) is 23.0 Å². The van der Waals surface area contributed by atoms with E-state index >= 15 is 0 Å². The standard InChI is InChI=1S/C23H24FN5O/c1-2-3-4-11-25-23-26-12-9-19(27-23)22-21(17-5-7-18(24)8-6-17)28-20-14-16(15-30)10-13-29(20)22/h5-10,12-14,30H,2-4,11,15H2,1H3,(H,25,26,27). The van der Waals surface area contributed by atoms with Gasteiger partial charge in [-0.1, -0.05) is 19.8 Å². The topological polar surface area (TPSA) is 75.3 Å². The lowest BCUT2D eigenvalue weighted by atomic mass is 10.1. The van der Waals surface area contributed by atoms with Gasteiger partial charge in [-0.2, -0.15) is 0 Å². The molecule has 30 heavy (non-hydrogen) atoms. The number of aromatic nitrogens is 4. The summed E-state index contributed by atoms with van der Waals surface area (Å²) in [5, 5.41) is 12.8. The second-order valence-corrected chi connectivity index (χ2v) is 7.14. The smallest absolute Gasteiger partial charge is 0.223 e. The molecule has 154 valence electrons. The first-order chi connectivity index (χ1) is 14.7. The van der Waals surface area contributed by atoms with Crippen LogP contribution >= 0.6 is 0 Å². The summed E-state index contributed by atoms with van der Waals surface area (Å²) in [5.74, 6) is 0.267. The minimum Gasteiger partial charge on any atom is -0.392 e. The highest BCUT2D eigenvalue weighted by Crippen LogP contribution is 2.32. The number of hydrogen-bond donors (Lipinski definition) is 2. The highest BCUT2D eigenvalue weighted by atomic mass is 19.1. The molecule has 7 heteroatoms. The van der Waals surface area contributed by atoms with Crippen molar-refractivity contribution < 1.29 is 9.50 Å². The zero-order valence-electron chi connectivity index (χ0n) is 16.8. The fourth-order valence-electron chi connectivity index (χ4n) is 3.39. The molecule has 0 atom stereocenters. The number of anilines is 1. The first-order valence-electron chi connectivity index (χ1n) is 10.1. The molecule has 1 aromatic carbocycles. The molecule has 0 saturated heterocycles. The molecular weight excluding hydrogens is 381 g/mol. The molecule has 0 radical (unpaired) electrons. The summed E-state index contributed by atoms with van der Waals surface area (Å²) in [6.07, 6.45) is 6.96. The molecule has 3 heterocycles. The highest BCUT2D eigenvalue weighted by molar-refractivity contribution is 5.80. The third kappa shape index (κ3) is 4.16. The van der Waals surface area contributed by atoms with Gasteiger partial charge < -0.3 is 10.4 Å². The van der Waals surface area contributed by atoms with Crippen molar-refractivity contribution in [3.8, 4) is 22.6 Å². The van der Waals surface area contributed by atoms with Crippen molar-refractivity contribution in [2.45, 2.75) is 32.8 Å². The van der Waals surface area contributed by atoms with Gasteiger partial charge in [0.15, 0.2) is 0 Å². The zero-order valence-corrected chi connectivity index (χ0v) is 16.8. The lowest BCUT2D eigenvalue weighted by Crippen LogP contribution is -2.06. The van der Waals surface area contributed by atoms with Crippen LogP contribution in [0.2, 0.25) is 0 Å². The summed E-state index contributed by atoms with van der Waals surface area (Å²) < 4.78 is 15.4. The molecule has 3 aromatic heterocycles. The Balaban J connectivity index is 1.80. The molecule has 0 amide bonds. The van der Waals surface area contributed by atoms with E-state index < -0.39 is 0 Å². The predicted octanol–water partition coefficient (Wildman–Crippen LogP) is 4.69. The van der Waals surface area contributed by atoms with Gasteiger partial charge in [0.25, 0.3) is 0 Å². The molecule has 0 aliphatic carbocycles. The van der Waals surface area contributed by atoms with Crippen molar-refractivity contribution in [1.82, 2.24) is 19.4 Å². The van der Waals surface area contributed by atoms with E-state index in [1.54, 1.807) is 18.3 Å². The van der Waals surface area contributed by atoms with Crippen LogP contribution in [-0.2, 0) is 6.61 Å². The first kappa shape index (κ1) is 20.0. The molecule has 0 unspecified atom stereocenters. The number of nitrogens with zero attached hydrogens (tertiary/aromatic N) is 4. The Labute approximate surface area is 174 Å².